The van der Waals surface area contributed by atoms with E-state index >= 15 is 0 Å². The van der Waals surface area contributed by atoms with E-state index in [4.69, 9.17) is 16.3 Å². The minimum Gasteiger partial charge on any atom is -0.493 e. The van der Waals surface area contributed by atoms with Crippen LogP contribution in [0.2, 0.25) is 0 Å². The van der Waals surface area contributed by atoms with E-state index < -0.39 is 0 Å². The van der Waals surface area contributed by atoms with Crippen LogP contribution in [0.1, 0.15) is 24.8 Å². The molecule has 0 N–H and O–H groups in total. The first-order chi connectivity index (χ1) is 8.88. The Morgan fingerprint density at radius 2 is 1.94 bits per heavy atom. The second kappa shape index (κ2) is 5.19. The van der Waals surface area contributed by atoms with Crippen LogP contribution in [0.15, 0.2) is 36.4 Å². The van der Waals surface area contributed by atoms with Gasteiger partial charge in [0, 0.05) is 5.56 Å². The average Bonchev–Trinajstić information content (AvgIpc) is 2.36. The predicted octanol–water partition coefficient (Wildman–Crippen LogP) is 4.76. The molecule has 0 heterocycles. The van der Waals surface area contributed by atoms with Crippen molar-refractivity contribution in [1.29, 1.82) is 0 Å². The summed E-state index contributed by atoms with van der Waals surface area (Å²) in [6.45, 7) is 0.836. The first-order valence-corrected chi connectivity index (χ1v) is 7.11. The predicted molar refractivity (Wildman–Crippen MR) is 76.3 cm³/mol. The molecule has 3 rings (SSSR count). The van der Waals surface area contributed by atoms with Crippen LogP contribution in [0.3, 0.4) is 0 Å². The molecular formula is C16H17ClO. The Morgan fingerprint density at radius 3 is 2.67 bits per heavy atom. The first kappa shape index (κ1) is 11.9. The fourth-order valence-electron chi connectivity index (χ4n) is 2.46. The summed E-state index contributed by atoms with van der Waals surface area (Å²) in [4.78, 5) is 0. The Bertz CT molecular complexity index is 546. The summed E-state index contributed by atoms with van der Waals surface area (Å²) in [6, 6.07) is 12.5. The minimum atomic E-state index is 0.501. The number of hydrogen-bond donors (Lipinski definition) is 0. The van der Waals surface area contributed by atoms with Gasteiger partial charge in [0.05, 0.1) is 12.5 Å². The lowest BCUT2D eigenvalue weighted by atomic mass is 9.86. The van der Waals surface area contributed by atoms with Gasteiger partial charge in [0.15, 0.2) is 0 Å². The maximum Gasteiger partial charge on any atom is 0.124 e. The topological polar surface area (TPSA) is 9.23 Å². The van der Waals surface area contributed by atoms with Gasteiger partial charge in [-0.2, -0.15) is 0 Å². The molecule has 2 aromatic carbocycles. The maximum atomic E-state index is 6.09. The van der Waals surface area contributed by atoms with Gasteiger partial charge in [0.1, 0.15) is 5.75 Å². The average molecular weight is 261 g/mol. The van der Waals surface area contributed by atoms with Gasteiger partial charge in [-0.15, -0.1) is 11.6 Å². The molecule has 1 fully saturated rings. The van der Waals surface area contributed by atoms with Gasteiger partial charge >= 0.3 is 0 Å². The van der Waals surface area contributed by atoms with Crippen LogP contribution in [-0.4, -0.2) is 6.61 Å². The van der Waals surface area contributed by atoms with Gasteiger partial charge in [0.25, 0.3) is 0 Å². The molecule has 18 heavy (non-hydrogen) atoms. The van der Waals surface area contributed by atoms with Gasteiger partial charge in [-0.25, -0.2) is 0 Å². The maximum absolute atomic E-state index is 6.09. The molecule has 0 aromatic heterocycles. The zero-order valence-electron chi connectivity index (χ0n) is 10.4. The van der Waals surface area contributed by atoms with Crippen LogP contribution < -0.4 is 4.74 Å². The number of ether oxygens (including phenoxy) is 1. The molecule has 1 nitrogen and oxygen atoms in total. The summed E-state index contributed by atoms with van der Waals surface area (Å²) in [5.74, 6) is 2.21. The van der Waals surface area contributed by atoms with Crippen molar-refractivity contribution in [3.63, 3.8) is 0 Å². The van der Waals surface area contributed by atoms with Crippen LogP contribution in [0.5, 0.6) is 5.75 Å². The molecule has 0 atom stereocenters. The number of benzene rings is 2. The van der Waals surface area contributed by atoms with Crippen molar-refractivity contribution >= 4 is 22.4 Å². The van der Waals surface area contributed by atoms with Gasteiger partial charge < -0.3 is 4.74 Å². The molecule has 0 unspecified atom stereocenters. The highest BCUT2D eigenvalue weighted by atomic mass is 35.5. The third kappa shape index (κ3) is 2.20. The van der Waals surface area contributed by atoms with Crippen molar-refractivity contribution in [3.8, 4) is 5.75 Å². The SMILES string of the molecule is ClCc1c(OCC2CCC2)ccc2ccccc12. The van der Waals surface area contributed by atoms with Crippen molar-refractivity contribution in [2.75, 3.05) is 6.61 Å². The molecule has 94 valence electrons. The van der Waals surface area contributed by atoms with Crippen molar-refractivity contribution in [2.24, 2.45) is 5.92 Å². The van der Waals surface area contributed by atoms with Gasteiger partial charge in [-0.1, -0.05) is 36.8 Å². The second-order valence-electron chi connectivity index (χ2n) is 5.00. The largest absolute Gasteiger partial charge is 0.493 e. The summed E-state index contributed by atoms with van der Waals surface area (Å²) >= 11 is 6.09. The van der Waals surface area contributed by atoms with Gasteiger partial charge in [-0.3, -0.25) is 0 Å². The van der Waals surface area contributed by atoms with Crippen LogP contribution in [0.4, 0.5) is 0 Å². The smallest absolute Gasteiger partial charge is 0.124 e. The molecule has 0 radical (unpaired) electrons. The summed E-state index contributed by atoms with van der Waals surface area (Å²) < 4.78 is 5.96. The fraction of sp³-hybridized carbons (Fsp3) is 0.375. The molecule has 2 aromatic rings. The monoisotopic (exact) mass is 260 g/mol. The van der Waals surface area contributed by atoms with E-state index in [0.29, 0.717) is 5.88 Å². The molecule has 1 aliphatic carbocycles. The molecular weight excluding hydrogens is 244 g/mol. The molecule has 0 amide bonds. The van der Waals surface area contributed by atoms with Gasteiger partial charge in [0.2, 0.25) is 0 Å². The molecule has 2 heteroatoms. The number of halogens is 1. The van der Waals surface area contributed by atoms with E-state index in [-0.39, 0.29) is 0 Å². The van der Waals surface area contributed by atoms with Crippen LogP contribution >= 0.6 is 11.6 Å². The molecule has 1 saturated carbocycles. The van der Waals surface area contributed by atoms with Crippen molar-refractivity contribution < 1.29 is 4.74 Å². The van der Waals surface area contributed by atoms with Crippen molar-refractivity contribution in [3.05, 3.63) is 42.0 Å². The molecule has 0 spiro atoms. The number of rotatable bonds is 4. The summed E-state index contributed by atoms with van der Waals surface area (Å²) in [7, 11) is 0. The Kier molecular flexibility index (Phi) is 3.42. The Labute approximate surface area is 113 Å². The standard InChI is InChI=1S/C16H17ClO/c17-10-15-14-7-2-1-6-13(14)8-9-16(15)18-11-12-4-3-5-12/h1-2,6-9,12H,3-5,10-11H2. The number of alkyl halides is 1. The minimum absolute atomic E-state index is 0.501. The van der Waals surface area contributed by atoms with E-state index in [1.165, 1.54) is 30.0 Å². The highest BCUT2D eigenvalue weighted by Crippen LogP contribution is 2.32. The first-order valence-electron chi connectivity index (χ1n) is 6.58. The third-order valence-electron chi connectivity index (χ3n) is 3.83. The lowest BCUT2D eigenvalue weighted by Crippen LogP contribution is -2.19. The highest BCUT2D eigenvalue weighted by molar-refractivity contribution is 6.18. The molecule has 0 saturated heterocycles. The third-order valence-corrected chi connectivity index (χ3v) is 4.10. The Balaban J connectivity index is 1.90. The number of hydrogen-bond acceptors (Lipinski definition) is 1. The van der Waals surface area contributed by atoms with Crippen molar-refractivity contribution in [2.45, 2.75) is 25.1 Å². The summed E-state index contributed by atoms with van der Waals surface area (Å²) in [6.07, 6.45) is 3.97. The van der Waals surface area contributed by atoms with Crippen LogP contribution in [0, 0.1) is 5.92 Å². The van der Waals surface area contributed by atoms with E-state index in [1.807, 2.05) is 6.07 Å². The lowest BCUT2D eigenvalue weighted by molar-refractivity contribution is 0.180. The van der Waals surface area contributed by atoms with Crippen molar-refractivity contribution in [1.82, 2.24) is 0 Å². The molecule has 1 aliphatic rings. The van der Waals surface area contributed by atoms with E-state index in [9.17, 15) is 0 Å². The number of fused-ring (bicyclic) bond motifs is 1. The molecule has 0 aliphatic heterocycles. The molecule has 0 bridgehead atoms. The lowest BCUT2D eigenvalue weighted by Gasteiger charge is -2.25. The fourth-order valence-corrected chi connectivity index (χ4v) is 2.73. The van der Waals surface area contributed by atoms with E-state index in [1.54, 1.807) is 0 Å². The quantitative estimate of drug-likeness (QED) is 0.721. The zero-order chi connectivity index (χ0) is 12.4. The van der Waals surface area contributed by atoms with E-state index in [0.717, 1.165) is 23.8 Å². The highest BCUT2D eigenvalue weighted by Gasteiger charge is 2.18. The zero-order valence-corrected chi connectivity index (χ0v) is 11.1. The summed E-state index contributed by atoms with van der Waals surface area (Å²) in [5.41, 5.74) is 1.12. The van der Waals surface area contributed by atoms with Crippen LogP contribution in [0.25, 0.3) is 10.8 Å². The van der Waals surface area contributed by atoms with Gasteiger partial charge in [-0.05, 0) is 35.6 Å². The summed E-state index contributed by atoms with van der Waals surface area (Å²) in [5, 5.41) is 2.43. The van der Waals surface area contributed by atoms with E-state index in [2.05, 4.69) is 30.3 Å². The normalized spacial score (nSPS) is 15.6. The second-order valence-corrected chi connectivity index (χ2v) is 5.27. The Hall–Kier alpha value is -1.21. The van der Waals surface area contributed by atoms with Crippen LogP contribution in [-0.2, 0) is 5.88 Å². The Morgan fingerprint density at radius 1 is 1.11 bits per heavy atom.